The highest BCUT2D eigenvalue weighted by Gasteiger charge is 2.29. The summed E-state index contributed by atoms with van der Waals surface area (Å²) in [6.07, 6.45) is 3.19. The fraction of sp³-hybridized carbons (Fsp3) is 0.222. The molecule has 10 nitrogen and oxygen atoms in total. The summed E-state index contributed by atoms with van der Waals surface area (Å²) in [7, 11) is 1.58. The number of carbonyl (C=O) groups excluding carboxylic acids is 2. The summed E-state index contributed by atoms with van der Waals surface area (Å²) in [5.41, 5.74) is 2.73. The lowest BCUT2D eigenvalue weighted by Gasteiger charge is -2.16. The zero-order valence-corrected chi connectivity index (χ0v) is 21.4. The zero-order chi connectivity index (χ0) is 26.3. The van der Waals surface area contributed by atoms with Crippen LogP contribution in [0.4, 0.5) is 9.93 Å². The molecule has 0 aliphatic carbocycles. The smallest absolute Gasteiger partial charge is 0.410 e. The quantitative estimate of drug-likeness (QED) is 0.349. The minimum absolute atomic E-state index is 0.220. The van der Waals surface area contributed by atoms with Crippen molar-refractivity contribution >= 4 is 28.5 Å². The largest absolute Gasteiger partial charge is 0.496 e. The molecule has 2 amide bonds. The van der Waals surface area contributed by atoms with Gasteiger partial charge in [-0.1, -0.05) is 53.6 Å². The number of amides is 2. The number of likely N-dealkylation sites (tertiary alicyclic amines) is 1. The van der Waals surface area contributed by atoms with Gasteiger partial charge in [-0.3, -0.25) is 15.1 Å². The first-order valence-electron chi connectivity index (χ1n) is 11.9. The Morgan fingerprint density at radius 1 is 1.05 bits per heavy atom. The molecule has 1 N–H and O–H groups in total. The number of nitrogens with one attached hydrogen (secondary N) is 1. The monoisotopic (exact) mass is 531 g/mol. The van der Waals surface area contributed by atoms with Crippen LogP contribution < -0.4 is 14.8 Å². The van der Waals surface area contributed by atoms with Gasteiger partial charge in [-0.25, -0.2) is 4.79 Å². The predicted molar refractivity (Wildman–Crippen MR) is 141 cm³/mol. The van der Waals surface area contributed by atoms with E-state index in [0.29, 0.717) is 46.7 Å². The molecular formula is C27H25N5O5S. The van der Waals surface area contributed by atoms with E-state index < -0.39 is 0 Å². The van der Waals surface area contributed by atoms with E-state index in [9.17, 15) is 9.59 Å². The van der Waals surface area contributed by atoms with Gasteiger partial charge in [0.25, 0.3) is 11.1 Å². The van der Waals surface area contributed by atoms with Crippen LogP contribution in [0.1, 0.15) is 22.3 Å². The Kier molecular flexibility index (Phi) is 7.74. The van der Waals surface area contributed by atoms with Gasteiger partial charge in [-0.15, -0.1) is 5.10 Å². The predicted octanol–water partition coefficient (Wildman–Crippen LogP) is 4.65. The van der Waals surface area contributed by atoms with Crippen LogP contribution in [0.15, 0.2) is 73.1 Å². The van der Waals surface area contributed by atoms with Crippen LogP contribution in [0, 0.1) is 0 Å². The van der Waals surface area contributed by atoms with E-state index >= 15 is 0 Å². The molecule has 0 spiro atoms. The van der Waals surface area contributed by atoms with E-state index in [-0.39, 0.29) is 24.7 Å². The summed E-state index contributed by atoms with van der Waals surface area (Å²) in [4.78, 5) is 31.3. The molecule has 5 rings (SSSR count). The molecular weight excluding hydrogens is 506 g/mol. The number of ether oxygens (including phenoxy) is 3. The maximum absolute atomic E-state index is 13.1. The van der Waals surface area contributed by atoms with Gasteiger partial charge >= 0.3 is 6.09 Å². The van der Waals surface area contributed by atoms with Crippen molar-refractivity contribution in [3.05, 3.63) is 84.2 Å². The summed E-state index contributed by atoms with van der Waals surface area (Å²) in [5.74, 6) is 0.278. The first-order chi connectivity index (χ1) is 18.6. The Labute approximate surface area is 223 Å². The number of hydrogen-bond donors (Lipinski definition) is 1. The van der Waals surface area contributed by atoms with Crippen LogP contribution in [0.25, 0.3) is 11.1 Å². The maximum atomic E-state index is 13.1. The van der Waals surface area contributed by atoms with E-state index in [1.807, 2.05) is 54.6 Å². The number of methoxy groups -OCH3 is 1. The molecule has 1 saturated heterocycles. The summed E-state index contributed by atoms with van der Waals surface area (Å²) < 4.78 is 16.8. The zero-order valence-electron chi connectivity index (χ0n) is 20.6. The molecule has 2 aromatic carbocycles. The summed E-state index contributed by atoms with van der Waals surface area (Å²) in [6.45, 7) is 1.13. The Hall–Kier alpha value is -4.51. The SMILES string of the molecule is COc1ccccc1-c1cnccc1C(=O)Nc1nnc(OC2CCN(C(=O)OCc3ccccc3)C2)s1. The third-order valence-electron chi connectivity index (χ3n) is 5.97. The molecule has 194 valence electrons. The molecule has 3 heterocycles. The number of para-hydroxylation sites is 1. The number of nitrogens with zero attached hydrogens (tertiary/aromatic N) is 4. The van der Waals surface area contributed by atoms with Crippen LogP contribution in [-0.2, 0) is 11.3 Å². The van der Waals surface area contributed by atoms with Crippen molar-refractivity contribution in [2.45, 2.75) is 19.1 Å². The summed E-state index contributed by atoms with van der Waals surface area (Å²) in [6, 6.07) is 18.6. The Morgan fingerprint density at radius 3 is 2.71 bits per heavy atom. The average Bonchev–Trinajstić information content (AvgIpc) is 3.62. The molecule has 38 heavy (non-hydrogen) atoms. The van der Waals surface area contributed by atoms with E-state index in [1.54, 1.807) is 30.5 Å². The minimum atomic E-state index is -0.381. The number of hydrogen-bond acceptors (Lipinski definition) is 9. The number of aromatic nitrogens is 3. The number of benzene rings is 2. The molecule has 0 bridgehead atoms. The van der Waals surface area contributed by atoms with Gasteiger partial charge in [0, 0.05) is 36.5 Å². The van der Waals surface area contributed by atoms with Crippen LogP contribution in [0.5, 0.6) is 10.9 Å². The van der Waals surface area contributed by atoms with Gasteiger partial charge in [0.15, 0.2) is 0 Å². The molecule has 1 unspecified atom stereocenters. The Morgan fingerprint density at radius 2 is 1.87 bits per heavy atom. The number of anilines is 1. The van der Waals surface area contributed by atoms with Gasteiger partial charge < -0.3 is 19.1 Å². The van der Waals surface area contributed by atoms with Crippen LogP contribution in [-0.4, -0.2) is 58.4 Å². The first kappa shape index (κ1) is 25.2. The maximum Gasteiger partial charge on any atom is 0.410 e. The molecule has 11 heteroatoms. The average molecular weight is 532 g/mol. The molecule has 1 fully saturated rings. The van der Waals surface area contributed by atoms with Crippen molar-refractivity contribution in [2.24, 2.45) is 0 Å². The van der Waals surface area contributed by atoms with Crippen molar-refractivity contribution in [3.8, 4) is 22.1 Å². The van der Waals surface area contributed by atoms with Crippen LogP contribution in [0.3, 0.4) is 0 Å². The second-order valence-corrected chi connectivity index (χ2v) is 9.40. The third kappa shape index (κ3) is 5.89. The fourth-order valence-electron chi connectivity index (χ4n) is 4.09. The van der Waals surface area contributed by atoms with Crippen molar-refractivity contribution in [2.75, 3.05) is 25.5 Å². The van der Waals surface area contributed by atoms with Gasteiger partial charge in [-0.05, 0) is 29.0 Å². The van der Waals surface area contributed by atoms with E-state index in [0.717, 1.165) is 22.5 Å². The first-order valence-corrected chi connectivity index (χ1v) is 12.8. The fourth-order valence-corrected chi connectivity index (χ4v) is 4.75. The third-order valence-corrected chi connectivity index (χ3v) is 6.70. The van der Waals surface area contributed by atoms with E-state index in [4.69, 9.17) is 14.2 Å². The molecule has 4 aromatic rings. The molecule has 1 aliphatic heterocycles. The molecule has 1 aliphatic rings. The molecule has 1 atom stereocenters. The number of pyridine rings is 1. The Balaban J connectivity index is 1.17. The lowest BCUT2D eigenvalue weighted by Crippen LogP contribution is -2.31. The molecule has 2 aromatic heterocycles. The van der Waals surface area contributed by atoms with Gasteiger partial charge in [0.1, 0.15) is 18.5 Å². The minimum Gasteiger partial charge on any atom is -0.496 e. The van der Waals surface area contributed by atoms with Gasteiger partial charge in [-0.2, -0.15) is 0 Å². The van der Waals surface area contributed by atoms with Crippen molar-refractivity contribution < 1.29 is 23.8 Å². The normalized spacial score (nSPS) is 14.7. The Bertz CT molecular complexity index is 1410. The van der Waals surface area contributed by atoms with Crippen molar-refractivity contribution in [1.29, 1.82) is 0 Å². The highest BCUT2D eigenvalue weighted by Crippen LogP contribution is 2.32. The van der Waals surface area contributed by atoms with Crippen LogP contribution in [0.2, 0.25) is 0 Å². The molecule has 0 saturated carbocycles. The van der Waals surface area contributed by atoms with Crippen molar-refractivity contribution in [3.63, 3.8) is 0 Å². The van der Waals surface area contributed by atoms with E-state index in [1.165, 1.54) is 0 Å². The second-order valence-electron chi connectivity index (χ2n) is 8.46. The number of rotatable bonds is 8. The molecule has 0 radical (unpaired) electrons. The standard InChI is InChI=1S/C27H25N5O5S/c1-35-23-10-6-5-9-20(23)22-15-28-13-11-21(22)24(33)29-25-30-31-26(38-25)37-19-12-14-32(16-19)27(34)36-17-18-7-3-2-4-8-18/h2-11,13,15,19H,12,14,16-17H2,1H3,(H,29,30,33). The lowest BCUT2D eigenvalue weighted by atomic mass is 10.0. The second kappa shape index (κ2) is 11.7. The summed E-state index contributed by atoms with van der Waals surface area (Å²) >= 11 is 1.12. The topological polar surface area (TPSA) is 116 Å². The highest BCUT2D eigenvalue weighted by atomic mass is 32.1. The van der Waals surface area contributed by atoms with Crippen molar-refractivity contribution in [1.82, 2.24) is 20.1 Å². The van der Waals surface area contributed by atoms with Gasteiger partial charge in [0.2, 0.25) is 5.13 Å². The van der Waals surface area contributed by atoms with Gasteiger partial charge in [0.05, 0.1) is 19.2 Å². The number of carbonyl (C=O) groups is 2. The lowest BCUT2D eigenvalue weighted by molar-refractivity contribution is 0.0989. The summed E-state index contributed by atoms with van der Waals surface area (Å²) in [5, 5.41) is 11.5. The highest BCUT2D eigenvalue weighted by molar-refractivity contribution is 7.17. The van der Waals surface area contributed by atoms with Crippen LogP contribution >= 0.6 is 11.3 Å². The van der Waals surface area contributed by atoms with E-state index in [2.05, 4.69) is 20.5 Å².